The number of benzene rings is 3. The first-order valence-electron chi connectivity index (χ1n) is 7.61. The molecule has 0 aliphatic carbocycles. The van der Waals surface area contributed by atoms with Gasteiger partial charge in [0.05, 0.1) is 16.6 Å². The standard InChI is InChI=1S/C20H13N3/c1-2-7-15-12-19-18(11-14(15)6-1)22-20(23-19)17-10-9-13-5-3-4-8-16(13)21-17/h1-12H,(H,22,23). The smallest absolute Gasteiger partial charge is 0.157 e. The largest absolute Gasteiger partial charge is 0.337 e. The molecule has 3 aromatic carbocycles. The Morgan fingerprint density at radius 3 is 2.22 bits per heavy atom. The summed E-state index contributed by atoms with van der Waals surface area (Å²) >= 11 is 0. The molecule has 23 heavy (non-hydrogen) atoms. The summed E-state index contributed by atoms with van der Waals surface area (Å²) in [5, 5.41) is 3.55. The lowest BCUT2D eigenvalue weighted by Gasteiger charge is -1.99. The highest BCUT2D eigenvalue weighted by Gasteiger charge is 2.08. The first-order chi connectivity index (χ1) is 11.4. The zero-order valence-corrected chi connectivity index (χ0v) is 12.3. The lowest BCUT2D eigenvalue weighted by atomic mass is 10.1. The predicted octanol–water partition coefficient (Wildman–Crippen LogP) is 4.93. The Kier molecular flexibility index (Phi) is 2.50. The number of H-pyrrole nitrogens is 1. The molecule has 0 saturated heterocycles. The van der Waals surface area contributed by atoms with Gasteiger partial charge in [-0.2, -0.15) is 0 Å². The van der Waals surface area contributed by atoms with Crippen molar-refractivity contribution in [2.24, 2.45) is 0 Å². The van der Waals surface area contributed by atoms with Crippen LogP contribution in [0.3, 0.4) is 0 Å². The SMILES string of the molecule is c1ccc2cc3[nH]c(-c4ccc5ccccc5n4)nc3cc2c1. The number of nitrogens with one attached hydrogen (secondary N) is 1. The highest BCUT2D eigenvalue weighted by Crippen LogP contribution is 2.25. The van der Waals surface area contributed by atoms with Crippen LogP contribution in [0, 0.1) is 0 Å². The summed E-state index contributed by atoms with van der Waals surface area (Å²) in [5.74, 6) is 0.807. The third-order valence-corrected chi connectivity index (χ3v) is 4.19. The van der Waals surface area contributed by atoms with Crippen molar-refractivity contribution in [3.63, 3.8) is 0 Å². The molecule has 108 valence electrons. The Morgan fingerprint density at radius 1 is 0.609 bits per heavy atom. The Balaban J connectivity index is 1.73. The van der Waals surface area contributed by atoms with Gasteiger partial charge in [0, 0.05) is 5.39 Å². The lowest BCUT2D eigenvalue weighted by Crippen LogP contribution is -1.86. The second kappa shape index (κ2) is 4.65. The van der Waals surface area contributed by atoms with E-state index in [9.17, 15) is 0 Å². The molecule has 5 aromatic rings. The number of aromatic nitrogens is 3. The monoisotopic (exact) mass is 295 g/mol. The Morgan fingerprint density at radius 2 is 1.35 bits per heavy atom. The molecule has 0 fully saturated rings. The second-order valence-corrected chi connectivity index (χ2v) is 5.69. The van der Waals surface area contributed by atoms with Crippen LogP contribution in [0.15, 0.2) is 72.8 Å². The molecule has 0 unspecified atom stereocenters. The van der Waals surface area contributed by atoms with Crippen LogP contribution in [0.25, 0.3) is 44.2 Å². The average molecular weight is 295 g/mol. The number of para-hydroxylation sites is 1. The third-order valence-electron chi connectivity index (χ3n) is 4.19. The first kappa shape index (κ1) is 12.4. The van der Waals surface area contributed by atoms with E-state index in [0.717, 1.165) is 33.5 Å². The molecule has 0 spiro atoms. The quantitative estimate of drug-likeness (QED) is 0.476. The topological polar surface area (TPSA) is 41.6 Å². The molecule has 0 atom stereocenters. The van der Waals surface area contributed by atoms with Crippen molar-refractivity contribution in [1.29, 1.82) is 0 Å². The van der Waals surface area contributed by atoms with Gasteiger partial charge in [0.1, 0.15) is 5.69 Å². The van der Waals surface area contributed by atoms with Crippen molar-refractivity contribution in [3.05, 3.63) is 72.8 Å². The predicted molar refractivity (Wildman–Crippen MR) is 94.3 cm³/mol. The van der Waals surface area contributed by atoms with Crippen molar-refractivity contribution in [1.82, 2.24) is 15.0 Å². The summed E-state index contributed by atoms with van der Waals surface area (Å²) in [5.41, 5.74) is 3.85. The minimum atomic E-state index is 0.807. The van der Waals surface area contributed by atoms with Gasteiger partial charge in [0.2, 0.25) is 0 Å². The number of aromatic amines is 1. The number of pyridine rings is 1. The van der Waals surface area contributed by atoms with Gasteiger partial charge in [-0.3, -0.25) is 0 Å². The number of fused-ring (bicyclic) bond motifs is 3. The van der Waals surface area contributed by atoms with Crippen molar-refractivity contribution < 1.29 is 0 Å². The van der Waals surface area contributed by atoms with Crippen LogP contribution in [0.5, 0.6) is 0 Å². The van der Waals surface area contributed by atoms with E-state index in [1.807, 2.05) is 30.3 Å². The van der Waals surface area contributed by atoms with E-state index >= 15 is 0 Å². The fraction of sp³-hybridized carbons (Fsp3) is 0. The van der Waals surface area contributed by atoms with E-state index in [4.69, 9.17) is 9.97 Å². The molecular weight excluding hydrogens is 282 g/mol. The van der Waals surface area contributed by atoms with E-state index in [0.29, 0.717) is 0 Å². The molecule has 0 saturated carbocycles. The van der Waals surface area contributed by atoms with Crippen LogP contribution in [0.2, 0.25) is 0 Å². The molecule has 3 heteroatoms. The summed E-state index contributed by atoms with van der Waals surface area (Å²) in [6, 6.07) is 24.8. The Hall–Kier alpha value is -3.20. The Labute approximate surface area is 132 Å². The van der Waals surface area contributed by atoms with Gasteiger partial charge < -0.3 is 4.98 Å². The van der Waals surface area contributed by atoms with E-state index in [-0.39, 0.29) is 0 Å². The maximum absolute atomic E-state index is 4.72. The molecule has 0 bridgehead atoms. The molecule has 2 aromatic heterocycles. The number of rotatable bonds is 1. The van der Waals surface area contributed by atoms with Crippen LogP contribution in [-0.4, -0.2) is 15.0 Å². The molecule has 1 N–H and O–H groups in total. The second-order valence-electron chi connectivity index (χ2n) is 5.69. The van der Waals surface area contributed by atoms with E-state index in [2.05, 4.69) is 47.4 Å². The van der Waals surface area contributed by atoms with Gasteiger partial charge in [0.15, 0.2) is 5.82 Å². The van der Waals surface area contributed by atoms with Gasteiger partial charge in [-0.05, 0) is 35.0 Å². The highest BCUT2D eigenvalue weighted by atomic mass is 14.9. The summed E-state index contributed by atoms with van der Waals surface area (Å²) in [6.07, 6.45) is 0. The molecule has 0 radical (unpaired) electrons. The molecule has 0 aliphatic rings. The zero-order valence-electron chi connectivity index (χ0n) is 12.3. The number of imidazole rings is 1. The van der Waals surface area contributed by atoms with Gasteiger partial charge in [-0.1, -0.05) is 48.5 Å². The van der Waals surface area contributed by atoms with Crippen LogP contribution < -0.4 is 0 Å². The Bertz CT molecular complexity index is 1120. The highest BCUT2D eigenvalue weighted by molar-refractivity contribution is 5.96. The van der Waals surface area contributed by atoms with Crippen LogP contribution >= 0.6 is 0 Å². The maximum Gasteiger partial charge on any atom is 0.157 e. The average Bonchev–Trinajstić information content (AvgIpc) is 3.02. The number of nitrogens with zero attached hydrogens (tertiary/aromatic N) is 2. The van der Waals surface area contributed by atoms with Gasteiger partial charge in [-0.15, -0.1) is 0 Å². The molecule has 0 aliphatic heterocycles. The van der Waals surface area contributed by atoms with E-state index in [1.165, 1.54) is 10.8 Å². The number of hydrogen-bond donors (Lipinski definition) is 1. The van der Waals surface area contributed by atoms with Crippen LogP contribution in [0.4, 0.5) is 0 Å². The maximum atomic E-state index is 4.72. The van der Waals surface area contributed by atoms with E-state index in [1.54, 1.807) is 0 Å². The fourth-order valence-corrected chi connectivity index (χ4v) is 3.02. The molecular formula is C20H13N3. The third kappa shape index (κ3) is 1.98. The van der Waals surface area contributed by atoms with Gasteiger partial charge >= 0.3 is 0 Å². The minimum absolute atomic E-state index is 0.807. The summed E-state index contributed by atoms with van der Waals surface area (Å²) in [6.45, 7) is 0. The van der Waals surface area contributed by atoms with E-state index < -0.39 is 0 Å². The van der Waals surface area contributed by atoms with Crippen LogP contribution in [0.1, 0.15) is 0 Å². The van der Waals surface area contributed by atoms with Crippen molar-refractivity contribution in [3.8, 4) is 11.5 Å². The molecule has 3 nitrogen and oxygen atoms in total. The summed E-state index contributed by atoms with van der Waals surface area (Å²) < 4.78 is 0. The normalized spacial score (nSPS) is 11.5. The molecule has 2 heterocycles. The first-order valence-corrected chi connectivity index (χ1v) is 7.61. The molecule has 5 rings (SSSR count). The lowest BCUT2D eigenvalue weighted by molar-refractivity contribution is 1.27. The number of hydrogen-bond acceptors (Lipinski definition) is 2. The molecule has 0 amide bonds. The zero-order chi connectivity index (χ0) is 15.2. The van der Waals surface area contributed by atoms with Crippen molar-refractivity contribution in [2.75, 3.05) is 0 Å². The van der Waals surface area contributed by atoms with Crippen molar-refractivity contribution >= 4 is 32.7 Å². The van der Waals surface area contributed by atoms with Crippen molar-refractivity contribution in [2.45, 2.75) is 0 Å². The van der Waals surface area contributed by atoms with Gasteiger partial charge in [-0.25, -0.2) is 9.97 Å². The summed E-state index contributed by atoms with van der Waals surface area (Å²) in [4.78, 5) is 12.8. The van der Waals surface area contributed by atoms with Gasteiger partial charge in [0.25, 0.3) is 0 Å². The minimum Gasteiger partial charge on any atom is -0.337 e. The summed E-state index contributed by atoms with van der Waals surface area (Å²) in [7, 11) is 0. The fourth-order valence-electron chi connectivity index (χ4n) is 3.02. The van der Waals surface area contributed by atoms with Crippen LogP contribution in [-0.2, 0) is 0 Å².